The summed E-state index contributed by atoms with van der Waals surface area (Å²) in [5.74, 6) is -0.701. The summed E-state index contributed by atoms with van der Waals surface area (Å²) in [6, 6.07) is 1.75. The molecule has 15 heavy (non-hydrogen) atoms. The van der Waals surface area contributed by atoms with Gasteiger partial charge in [0.05, 0.1) is 0 Å². The number of carbonyl (C=O) groups is 1. The van der Waals surface area contributed by atoms with Gasteiger partial charge < -0.3 is 5.73 Å². The van der Waals surface area contributed by atoms with Crippen LogP contribution in [-0.2, 0) is 0 Å². The number of aromatic nitrogens is 1. The van der Waals surface area contributed by atoms with Gasteiger partial charge in [-0.1, -0.05) is 6.58 Å². The Hall–Kier alpha value is -1.84. The Morgan fingerprint density at radius 2 is 2.00 bits per heavy atom. The third-order valence-corrected chi connectivity index (χ3v) is 2.22. The summed E-state index contributed by atoms with van der Waals surface area (Å²) in [5.41, 5.74) is 6.70. The third kappa shape index (κ3) is 1.83. The van der Waals surface area contributed by atoms with E-state index in [-0.39, 0.29) is 5.56 Å². The molecule has 0 spiro atoms. The lowest BCUT2D eigenvalue weighted by Gasteiger charge is -2.12. The maximum absolute atomic E-state index is 11.9. The molecule has 1 aromatic heterocycles. The van der Waals surface area contributed by atoms with Gasteiger partial charge in [0, 0.05) is 11.4 Å². The van der Waals surface area contributed by atoms with Gasteiger partial charge in [0.15, 0.2) is 0 Å². The number of rotatable bonds is 2. The largest absolute Gasteiger partial charge is 0.365 e. The molecule has 0 aromatic carbocycles. The highest BCUT2D eigenvalue weighted by molar-refractivity contribution is 5.94. The first-order chi connectivity index (χ1) is 6.86. The Morgan fingerprint density at radius 3 is 2.40 bits per heavy atom. The van der Waals surface area contributed by atoms with E-state index in [1.165, 1.54) is 4.57 Å². The first-order valence-corrected chi connectivity index (χ1v) is 4.55. The monoisotopic (exact) mass is 206 g/mol. The fraction of sp³-hybridized carbons (Fsp3) is 0.273. The maximum Gasteiger partial charge on any atom is 0.268 e. The van der Waals surface area contributed by atoms with Gasteiger partial charge in [0.1, 0.15) is 5.56 Å². The third-order valence-electron chi connectivity index (χ3n) is 2.22. The quantitative estimate of drug-likeness (QED) is 0.786. The second-order valence-corrected chi connectivity index (χ2v) is 3.58. The van der Waals surface area contributed by atoms with Crippen molar-refractivity contribution in [2.45, 2.75) is 20.8 Å². The molecule has 1 amide bonds. The average Bonchev–Trinajstić information content (AvgIpc) is 1.99. The topological polar surface area (TPSA) is 65.1 Å². The summed E-state index contributed by atoms with van der Waals surface area (Å²) in [5, 5.41) is 0. The van der Waals surface area contributed by atoms with Crippen LogP contribution in [0.3, 0.4) is 0 Å². The fourth-order valence-corrected chi connectivity index (χ4v) is 1.66. The molecule has 1 aromatic rings. The summed E-state index contributed by atoms with van der Waals surface area (Å²) in [7, 11) is 0. The number of pyridine rings is 1. The molecule has 0 radical (unpaired) electrons. The van der Waals surface area contributed by atoms with Crippen LogP contribution in [0.15, 0.2) is 17.4 Å². The van der Waals surface area contributed by atoms with Gasteiger partial charge in [-0.25, -0.2) is 0 Å². The van der Waals surface area contributed by atoms with Crippen LogP contribution in [-0.4, -0.2) is 10.5 Å². The van der Waals surface area contributed by atoms with Crippen molar-refractivity contribution in [1.29, 1.82) is 0 Å². The molecule has 4 heteroatoms. The van der Waals surface area contributed by atoms with Crippen LogP contribution >= 0.6 is 0 Å². The zero-order valence-electron chi connectivity index (χ0n) is 9.13. The standard InChI is InChI=1S/C11H14N2O2/c1-6(2)13-8(4)5-7(3)9(10(12)14)11(13)15/h5H,1H2,2-4H3,(H2,12,14). The molecular weight excluding hydrogens is 192 g/mol. The summed E-state index contributed by atoms with van der Waals surface area (Å²) in [6.07, 6.45) is 0. The maximum atomic E-state index is 11.9. The lowest BCUT2D eigenvalue weighted by molar-refractivity contribution is 0.0998. The molecule has 0 aliphatic rings. The van der Waals surface area contributed by atoms with E-state index in [9.17, 15) is 9.59 Å². The number of amides is 1. The minimum Gasteiger partial charge on any atom is -0.365 e. The number of carbonyl (C=O) groups excluding carboxylic acids is 1. The van der Waals surface area contributed by atoms with E-state index >= 15 is 0 Å². The zero-order chi connectivity index (χ0) is 11.7. The minimum absolute atomic E-state index is 0.0311. The van der Waals surface area contributed by atoms with Crippen molar-refractivity contribution in [3.8, 4) is 0 Å². The summed E-state index contributed by atoms with van der Waals surface area (Å²) < 4.78 is 1.38. The molecular formula is C11H14N2O2. The van der Waals surface area contributed by atoms with Crippen molar-refractivity contribution in [1.82, 2.24) is 4.57 Å². The first kappa shape index (κ1) is 11.2. The van der Waals surface area contributed by atoms with Crippen LogP contribution in [0.2, 0.25) is 0 Å². The summed E-state index contributed by atoms with van der Waals surface area (Å²) in [6.45, 7) is 8.87. The minimum atomic E-state index is -0.701. The Kier molecular flexibility index (Phi) is 2.79. The molecule has 0 saturated heterocycles. The highest BCUT2D eigenvalue weighted by Crippen LogP contribution is 2.08. The Labute approximate surface area is 88.0 Å². The molecule has 0 bridgehead atoms. The smallest absolute Gasteiger partial charge is 0.268 e. The summed E-state index contributed by atoms with van der Waals surface area (Å²) in [4.78, 5) is 23.0. The van der Waals surface area contributed by atoms with E-state index in [0.29, 0.717) is 11.3 Å². The van der Waals surface area contributed by atoms with Gasteiger partial charge in [-0.3, -0.25) is 14.2 Å². The molecule has 0 atom stereocenters. The van der Waals surface area contributed by atoms with E-state index in [4.69, 9.17) is 5.73 Å². The highest BCUT2D eigenvalue weighted by atomic mass is 16.2. The van der Waals surface area contributed by atoms with Gasteiger partial charge in [-0.05, 0) is 32.4 Å². The average molecular weight is 206 g/mol. The normalized spacial score (nSPS) is 10.1. The fourth-order valence-electron chi connectivity index (χ4n) is 1.66. The second-order valence-electron chi connectivity index (χ2n) is 3.58. The van der Waals surface area contributed by atoms with Crippen LogP contribution in [0.5, 0.6) is 0 Å². The molecule has 0 saturated carbocycles. The molecule has 0 unspecified atom stereocenters. The van der Waals surface area contributed by atoms with Gasteiger partial charge >= 0.3 is 0 Å². The van der Waals surface area contributed by atoms with Gasteiger partial charge in [-0.2, -0.15) is 0 Å². The number of hydrogen-bond acceptors (Lipinski definition) is 2. The van der Waals surface area contributed by atoms with Crippen LogP contribution in [0.25, 0.3) is 5.70 Å². The van der Waals surface area contributed by atoms with Gasteiger partial charge in [-0.15, -0.1) is 0 Å². The van der Waals surface area contributed by atoms with Crippen LogP contribution in [0.1, 0.15) is 28.5 Å². The zero-order valence-corrected chi connectivity index (χ0v) is 9.13. The summed E-state index contributed by atoms with van der Waals surface area (Å²) >= 11 is 0. The Morgan fingerprint density at radius 1 is 1.47 bits per heavy atom. The molecule has 1 rings (SSSR count). The molecule has 80 valence electrons. The first-order valence-electron chi connectivity index (χ1n) is 4.55. The van der Waals surface area contributed by atoms with E-state index in [1.807, 2.05) is 0 Å². The molecule has 0 aliphatic carbocycles. The number of aryl methyl sites for hydroxylation is 2. The van der Waals surface area contributed by atoms with Crippen LogP contribution in [0.4, 0.5) is 0 Å². The van der Waals surface area contributed by atoms with Crippen molar-refractivity contribution in [3.05, 3.63) is 39.8 Å². The van der Waals surface area contributed by atoms with Gasteiger partial charge in [0.2, 0.25) is 0 Å². The van der Waals surface area contributed by atoms with Crippen molar-refractivity contribution in [2.24, 2.45) is 5.73 Å². The number of allylic oxidation sites excluding steroid dienone is 1. The number of hydrogen-bond donors (Lipinski definition) is 1. The number of primary amides is 1. The van der Waals surface area contributed by atoms with E-state index in [0.717, 1.165) is 5.69 Å². The number of nitrogens with zero attached hydrogens (tertiary/aromatic N) is 1. The second kappa shape index (κ2) is 3.73. The predicted octanol–water partition coefficient (Wildman–Crippen LogP) is 1.05. The molecule has 0 aliphatic heterocycles. The molecule has 0 fully saturated rings. The SMILES string of the molecule is C=C(C)n1c(C)cc(C)c(C(N)=O)c1=O. The molecule has 1 heterocycles. The van der Waals surface area contributed by atoms with Gasteiger partial charge in [0.25, 0.3) is 11.5 Å². The molecule has 2 N–H and O–H groups in total. The van der Waals surface area contributed by atoms with Crippen molar-refractivity contribution < 1.29 is 4.79 Å². The van der Waals surface area contributed by atoms with Crippen LogP contribution < -0.4 is 11.3 Å². The van der Waals surface area contributed by atoms with E-state index < -0.39 is 11.5 Å². The van der Waals surface area contributed by atoms with Crippen molar-refractivity contribution >= 4 is 11.6 Å². The lowest BCUT2D eigenvalue weighted by Crippen LogP contribution is -2.31. The van der Waals surface area contributed by atoms with E-state index in [1.54, 1.807) is 26.8 Å². The van der Waals surface area contributed by atoms with E-state index in [2.05, 4.69) is 6.58 Å². The highest BCUT2D eigenvalue weighted by Gasteiger charge is 2.14. The van der Waals surface area contributed by atoms with Crippen molar-refractivity contribution in [3.63, 3.8) is 0 Å². The lowest BCUT2D eigenvalue weighted by atomic mass is 10.1. The number of nitrogens with two attached hydrogens (primary N) is 1. The van der Waals surface area contributed by atoms with Crippen molar-refractivity contribution in [2.75, 3.05) is 0 Å². The van der Waals surface area contributed by atoms with Crippen LogP contribution in [0, 0.1) is 13.8 Å². The predicted molar refractivity (Wildman–Crippen MR) is 59.7 cm³/mol. The molecule has 4 nitrogen and oxygen atoms in total. The Balaban J connectivity index is 3.72. The Bertz CT molecular complexity index is 457.